The average Bonchev–Trinajstić information content (AvgIpc) is 2.62. The second-order valence-corrected chi connectivity index (χ2v) is 6.68. The number of likely N-dealkylation sites (tertiary alicyclic amines) is 1. The molecular weight excluding hydrogens is 316 g/mol. The number of hydrogen-bond donors (Lipinski definition) is 0. The van der Waals surface area contributed by atoms with Crippen LogP contribution in [0.1, 0.15) is 25.7 Å². The molecule has 3 rings (SSSR count). The Balaban J connectivity index is 1.43. The number of carbonyl (C=O) groups excluding carboxylic acids is 1. The zero-order valence-electron chi connectivity index (χ0n) is 13.2. The molecule has 0 unspecified atom stereocenters. The van der Waals surface area contributed by atoms with E-state index in [0.29, 0.717) is 42.4 Å². The summed E-state index contributed by atoms with van der Waals surface area (Å²) in [6.45, 7) is 3.73. The van der Waals surface area contributed by atoms with Gasteiger partial charge in [-0.1, -0.05) is 11.6 Å². The predicted molar refractivity (Wildman–Crippen MR) is 87.6 cm³/mol. The fourth-order valence-corrected chi connectivity index (χ4v) is 3.38. The lowest BCUT2D eigenvalue weighted by Crippen LogP contribution is -2.43. The van der Waals surface area contributed by atoms with Crippen LogP contribution >= 0.6 is 11.6 Å². The predicted octanol–water partition coefficient (Wildman–Crippen LogP) is 2.78. The molecule has 0 N–H and O–H groups in total. The van der Waals surface area contributed by atoms with Crippen LogP contribution in [0.5, 0.6) is 5.75 Å². The van der Waals surface area contributed by atoms with Gasteiger partial charge < -0.3 is 14.4 Å². The quantitative estimate of drug-likeness (QED) is 0.847. The van der Waals surface area contributed by atoms with Crippen molar-refractivity contribution in [1.82, 2.24) is 9.88 Å². The second kappa shape index (κ2) is 7.97. The highest BCUT2D eigenvalue weighted by molar-refractivity contribution is 6.31. The summed E-state index contributed by atoms with van der Waals surface area (Å²) in [5.74, 6) is 1.62. The van der Waals surface area contributed by atoms with E-state index in [-0.39, 0.29) is 5.92 Å². The third kappa shape index (κ3) is 4.36. The van der Waals surface area contributed by atoms with Gasteiger partial charge in [-0.2, -0.15) is 0 Å². The molecule has 5 nitrogen and oxygen atoms in total. The maximum absolute atomic E-state index is 12.5. The van der Waals surface area contributed by atoms with Crippen molar-refractivity contribution in [2.45, 2.75) is 25.7 Å². The zero-order chi connectivity index (χ0) is 16.1. The van der Waals surface area contributed by atoms with Crippen molar-refractivity contribution in [3.8, 4) is 5.75 Å². The topological polar surface area (TPSA) is 51.7 Å². The van der Waals surface area contributed by atoms with Crippen molar-refractivity contribution in [2.75, 3.05) is 32.9 Å². The number of amides is 1. The monoisotopic (exact) mass is 338 g/mol. The molecule has 2 fully saturated rings. The Morgan fingerprint density at radius 3 is 2.74 bits per heavy atom. The van der Waals surface area contributed by atoms with Crippen LogP contribution in [0.25, 0.3) is 0 Å². The minimum atomic E-state index is 0.159. The van der Waals surface area contributed by atoms with Crippen LogP contribution in [-0.4, -0.2) is 48.7 Å². The van der Waals surface area contributed by atoms with E-state index in [0.717, 1.165) is 38.8 Å². The van der Waals surface area contributed by atoms with E-state index < -0.39 is 0 Å². The van der Waals surface area contributed by atoms with E-state index in [1.54, 1.807) is 18.5 Å². The lowest BCUT2D eigenvalue weighted by Gasteiger charge is -2.35. The summed E-state index contributed by atoms with van der Waals surface area (Å²) in [5.41, 5.74) is 0. The van der Waals surface area contributed by atoms with E-state index >= 15 is 0 Å². The molecular formula is C17H23ClN2O3. The molecule has 1 aromatic heterocycles. The average molecular weight is 339 g/mol. The van der Waals surface area contributed by atoms with Gasteiger partial charge in [0.2, 0.25) is 5.91 Å². The summed E-state index contributed by atoms with van der Waals surface area (Å²) in [6, 6.07) is 1.78. The van der Waals surface area contributed by atoms with Gasteiger partial charge in [0.15, 0.2) is 0 Å². The lowest BCUT2D eigenvalue weighted by molar-refractivity contribution is -0.140. The summed E-state index contributed by atoms with van der Waals surface area (Å²) in [6.07, 6.45) is 6.96. The van der Waals surface area contributed by atoms with Gasteiger partial charge in [-0.15, -0.1) is 0 Å². The number of hydrogen-bond acceptors (Lipinski definition) is 4. The van der Waals surface area contributed by atoms with Gasteiger partial charge in [-0.25, -0.2) is 0 Å². The number of halogens is 1. The highest BCUT2D eigenvalue weighted by Crippen LogP contribution is 2.26. The van der Waals surface area contributed by atoms with Crippen LogP contribution in [0, 0.1) is 11.8 Å². The Morgan fingerprint density at radius 1 is 1.30 bits per heavy atom. The summed E-state index contributed by atoms with van der Waals surface area (Å²) >= 11 is 6.04. The Labute approximate surface area is 141 Å². The number of ether oxygens (including phenoxy) is 2. The van der Waals surface area contributed by atoms with Crippen LogP contribution in [0.3, 0.4) is 0 Å². The van der Waals surface area contributed by atoms with Gasteiger partial charge in [-0.3, -0.25) is 9.78 Å². The number of carbonyl (C=O) groups is 1. The molecule has 3 heterocycles. The van der Waals surface area contributed by atoms with Gasteiger partial charge in [0.05, 0.1) is 6.61 Å². The SMILES string of the molecule is O=C(C1CCOCC1)N1CCC(COc2ccncc2Cl)CC1. The molecule has 0 saturated carbocycles. The smallest absolute Gasteiger partial charge is 0.225 e. The van der Waals surface area contributed by atoms with E-state index in [1.165, 1.54) is 0 Å². The standard InChI is InChI=1S/C17H23ClN2O3/c18-15-11-19-6-1-16(15)23-12-13-2-7-20(8-3-13)17(21)14-4-9-22-10-5-14/h1,6,11,13-14H,2-5,7-10,12H2. The molecule has 0 spiro atoms. The molecule has 2 saturated heterocycles. The molecule has 1 aromatic rings. The molecule has 0 bridgehead atoms. The van der Waals surface area contributed by atoms with E-state index in [1.807, 2.05) is 4.90 Å². The van der Waals surface area contributed by atoms with Gasteiger partial charge in [0.1, 0.15) is 10.8 Å². The molecule has 23 heavy (non-hydrogen) atoms. The highest BCUT2D eigenvalue weighted by atomic mass is 35.5. The number of aromatic nitrogens is 1. The van der Waals surface area contributed by atoms with Crippen molar-refractivity contribution < 1.29 is 14.3 Å². The first-order valence-electron chi connectivity index (χ1n) is 8.33. The van der Waals surface area contributed by atoms with Crippen LogP contribution in [0.2, 0.25) is 5.02 Å². The van der Waals surface area contributed by atoms with E-state index in [9.17, 15) is 4.79 Å². The largest absolute Gasteiger partial charge is 0.492 e. The molecule has 126 valence electrons. The molecule has 0 atom stereocenters. The van der Waals surface area contributed by atoms with Gasteiger partial charge >= 0.3 is 0 Å². The summed E-state index contributed by atoms with van der Waals surface area (Å²) in [5, 5.41) is 0.541. The van der Waals surface area contributed by atoms with Crippen molar-refractivity contribution in [3.63, 3.8) is 0 Å². The number of pyridine rings is 1. The summed E-state index contributed by atoms with van der Waals surface area (Å²) < 4.78 is 11.1. The van der Waals surface area contributed by atoms with Crippen LogP contribution < -0.4 is 4.74 Å². The Hall–Kier alpha value is -1.33. The van der Waals surface area contributed by atoms with E-state index in [2.05, 4.69) is 4.98 Å². The first-order valence-corrected chi connectivity index (χ1v) is 8.70. The van der Waals surface area contributed by atoms with E-state index in [4.69, 9.17) is 21.1 Å². The van der Waals surface area contributed by atoms with Gasteiger partial charge in [0.25, 0.3) is 0 Å². The Kier molecular flexibility index (Phi) is 5.73. The van der Waals surface area contributed by atoms with Crippen molar-refractivity contribution >= 4 is 17.5 Å². The fourth-order valence-electron chi connectivity index (χ4n) is 3.21. The third-order valence-electron chi connectivity index (χ3n) is 4.71. The van der Waals surface area contributed by atoms with Crippen LogP contribution in [-0.2, 0) is 9.53 Å². The Morgan fingerprint density at radius 2 is 2.04 bits per heavy atom. The summed E-state index contributed by atoms with van der Waals surface area (Å²) in [7, 11) is 0. The fraction of sp³-hybridized carbons (Fsp3) is 0.647. The van der Waals surface area contributed by atoms with Gasteiger partial charge in [0, 0.05) is 50.7 Å². The molecule has 0 aromatic carbocycles. The minimum absolute atomic E-state index is 0.159. The molecule has 2 aliphatic rings. The first kappa shape index (κ1) is 16.5. The molecule has 6 heteroatoms. The second-order valence-electron chi connectivity index (χ2n) is 6.27. The van der Waals surface area contributed by atoms with Crippen LogP contribution in [0.15, 0.2) is 18.5 Å². The maximum Gasteiger partial charge on any atom is 0.225 e. The third-order valence-corrected chi connectivity index (χ3v) is 4.99. The van der Waals surface area contributed by atoms with Crippen molar-refractivity contribution in [3.05, 3.63) is 23.5 Å². The number of nitrogens with zero attached hydrogens (tertiary/aromatic N) is 2. The van der Waals surface area contributed by atoms with Crippen molar-refractivity contribution in [1.29, 1.82) is 0 Å². The van der Waals surface area contributed by atoms with Crippen LogP contribution in [0.4, 0.5) is 0 Å². The maximum atomic E-state index is 12.5. The zero-order valence-corrected chi connectivity index (χ0v) is 14.0. The van der Waals surface area contributed by atoms with Gasteiger partial charge in [-0.05, 0) is 31.6 Å². The highest BCUT2D eigenvalue weighted by Gasteiger charge is 2.29. The Bertz CT molecular complexity index is 526. The normalized spacial score (nSPS) is 20.5. The first-order chi connectivity index (χ1) is 11.2. The molecule has 0 radical (unpaired) electrons. The minimum Gasteiger partial charge on any atom is -0.492 e. The molecule has 2 aliphatic heterocycles. The molecule has 0 aliphatic carbocycles. The summed E-state index contributed by atoms with van der Waals surface area (Å²) in [4.78, 5) is 18.5. The number of rotatable bonds is 4. The number of piperidine rings is 1. The van der Waals surface area contributed by atoms with Crippen molar-refractivity contribution in [2.24, 2.45) is 11.8 Å². The lowest BCUT2D eigenvalue weighted by atomic mass is 9.94. The molecule has 1 amide bonds.